The third-order valence-corrected chi connectivity index (χ3v) is 3.44. The van der Waals surface area contributed by atoms with E-state index in [0.717, 1.165) is 0 Å². The summed E-state index contributed by atoms with van der Waals surface area (Å²) in [5.41, 5.74) is -0.483. The number of ether oxygens (including phenoxy) is 2. The molecule has 0 saturated heterocycles. The lowest BCUT2D eigenvalue weighted by atomic mass is 9.70. The molecule has 0 amide bonds. The molecule has 1 aliphatic carbocycles. The molecule has 1 aromatic heterocycles. The molecule has 2 rings (SSSR count). The van der Waals surface area contributed by atoms with Crippen LogP contribution in [0, 0.1) is 11.9 Å². The first-order valence-corrected chi connectivity index (χ1v) is 5.93. The van der Waals surface area contributed by atoms with Crippen LogP contribution in [0.4, 0.5) is 10.2 Å². The van der Waals surface area contributed by atoms with E-state index in [2.05, 4.69) is 20.0 Å². The molecule has 0 bridgehead atoms. The van der Waals surface area contributed by atoms with Gasteiger partial charge in [0.2, 0.25) is 0 Å². The van der Waals surface area contributed by atoms with E-state index < -0.39 is 11.5 Å². The maximum atomic E-state index is 13.3. The van der Waals surface area contributed by atoms with E-state index in [0.29, 0.717) is 19.4 Å². The molecule has 1 aliphatic rings. The molecule has 6 nitrogen and oxygen atoms in total. The van der Waals surface area contributed by atoms with Crippen molar-refractivity contribution in [1.82, 2.24) is 9.97 Å². The quantitative estimate of drug-likeness (QED) is 0.804. The number of nitrogens with zero attached hydrogens (tertiary/aromatic N) is 2. The zero-order valence-electron chi connectivity index (χ0n) is 10.9. The van der Waals surface area contributed by atoms with Crippen molar-refractivity contribution < 1.29 is 18.7 Å². The molecule has 1 aromatic rings. The van der Waals surface area contributed by atoms with Gasteiger partial charge < -0.3 is 14.8 Å². The Bertz CT molecular complexity index is 463. The van der Waals surface area contributed by atoms with Crippen molar-refractivity contribution in [2.24, 2.45) is 5.92 Å². The van der Waals surface area contributed by atoms with Crippen LogP contribution in [-0.4, -0.2) is 42.3 Å². The number of nitrogens with one attached hydrogen (secondary N) is 1. The lowest BCUT2D eigenvalue weighted by Gasteiger charge is -2.45. The Morgan fingerprint density at radius 1 is 1.47 bits per heavy atom. The summed E-state index contributed by atoms with van der Waals surface area (Å²) in [7, 11) is 2.94. The van der Waals surface area contributed by atoms with Crippen molar-refractivity contribution in [3.05, 3.63) is 18.3 Å². The third-order valence-electron chi connectivity index (χ3n) is 3.44. The normalized spacial score (nSPS) is 25.5. The van der Waals surface area contributed by atoms with Gasteiger partial charge in [0.05, 0.1) is 18.6 Å². The SMILES string of the molecule is COC(=O)C1CC(CNc2nccnc2F)(OC)C1. The van der Waals surface area contributed by atoms with Crippen LogP contribution in [0.5, 0.6) is 0 Å². The summed E-state index contributed by atoms with van der Waals surface area (Å²) < 4.78 is 23.4. The monoisotopic (exact) mass is 269 g/mol. The summed E-state index contributed by atoms with van der Waals surface area (Å²) in [6.07, 6.45) is 3.78. The van der Waals surface area contributed by atoms with Crippen molar-refractivity contribution in [1.29, 1.82) is 0 Å². The summed E-state index contributed by atoms with van der Waals surface area (Å²) >= 11 is 0. The number of carbonyl (C=O) groups excluding carboxylic acids is 1. The molecule has 0 aromatic carbocycles. The van der Waals surface area contributed by atoms with Crippen LogP contribution in [0.15, 0.2) is 12.4 Å². The number of hydrogen-bond acceptors (Lipinski definition) is 6. The zero-order chi connectivity index (χ0) is 13.9. The highest BCUT2D eigenvalue weighted by Crippen LogP contribution is 2.41. The van der Waals surface area contributed by atoms with Crippen LogP contribution in [0.25, 0.3) is 0 Å². The maximum absolute atomic E-state index is 13.3. The average molecular weight is 269 g/mol. The molecule has 0 spiro atoms. The Morgan fingerprint density at radius 3 is 2.74 bits per heavy atom. The Balaban J connectivity index is 1.92. The van der Waals surface area contributed by atoms with Gasteiger partial charge in [0.25, 0.3) is 5.95 Å². The smallest absolute Gasteiger partial charge is 0.308 e. The predicted octanol–water partition coefficient (Wildman–Crippen LogP) is 0.996. The number of halogens is 1. The minimum Gasteiger partial charge on any atom is -0.469 e. The maximum Gasteiger partial charge on any atom is 0.308 e. The predicted molar refractivity (Wildman–Crippen MR) is 65.0 cm³/mol. The van der Waals surface area contributed by atoms with E-state index in [-0.39, 0.29) is 17.7 Å². The van der Waals surface area contributed by atoms with Gasteiger partial charge in [-0.15, -0.1) is 0 Å². The third kappa shape index (κ3) is 2.81. The molecule has 1 saturated carbocycles. The second-order valence-corrected chi connectivity index (χ2v) is 4.56. The van der Waals surface area contributed by atoms with Gasteiger partial charge in [-0.3, -0.25) is 4.79 Å². The Labute approximate surface area is 110 Å². The minimum atomic E-state index is -0.655. The highest BCUT2D eigenvalue weighted by atomic mass is 19.1. The zero-order valence-corrected chi connectivity index (χ0v) is 10.9. The van der Waals surface area contributed by atoms with Gasteiger partial charge in [0.1, 0.15) is 0 Å². The van der Waals surface area contributed by atoms with Crippen molar-refractivity contribution in [2.45, 2.75) is 18.4 Å². The number of rotatable bonds is 5. The number of hydrogen-bond donors (Lipinski definition) is 1. The first-order valence-electron chi connectivity index (χ1n) is 5.93. The van der Waals surface area contributed by atoms with Crippen molar-refractivity contribution in [3.63, 3.8) is 0 Å². The first kappa shape index (κ1) is 13.7. The second-order valence-electron chi connectivity index (χ2n) is 4.56. The van der Waals surface area contributed by atoms with Gasteiger partial charge in [0, 0.05) is 26.0 Å². The van der Waals surface area contributed by atoms with Crippen LogP contribution in [0.3, 0.4) is 0 Å². The molecule has 0 aliphatic heterocycles. The van der Waals surface area contributed by atoms with Crippen molar-refractivity contribution in [3.8, 4) is 0 Å². The molecule has 1 heterocycles. The largest absolute Gasteiger partial charge is 0.469 e. The summed E-state index contributed by atoms with van der Waals surface area (Å²) in [5.74, 6) is -0.963. The van der Waals surface area contributed by atoms with Gasteiger partial charge >= 0.3 is 5.97 Å². The lowest BCUT2D eigenvalue weighted by Crippen LogP contribution is -2.53. The molecule has 0 unspecified atom stereocenters. The number of aromatic nitrogens is 2. The molecule has 0 radical (unpaired) electrons. The number of carbonyl (C=O) groups is 1. The van der Waals surface area contributed by atoms with E-state index in [1.807, 2.05) is 0 Å². The van der Waals surface area contributed by atoms with Crippen molar-refractivity contribution in [2.75, 3.05) is 26.1 Å². The van der Waals surface area contributed by atoms with Crippen LogP contribution >= 0.6 is 0 Å². The van der Waals surface area contributed by atoms with Crippen molar-refractivity contribution >= 4 is 11.8 Å². The van der Waals surface area contributed by atoms with E-state index in [1.54, 1.807) is 7.11 Å². The molecular formula is C12H16FN3O3. The molecular weight excluding hydrogens is 253 g/mol. The first-order chi connectivity index (χ1) is 9.10. The van der Waals surface area contributed by atoms with Crippen LogP contribution in [-0.2, 0) is 14.3 Å². The fourth-order valence-electron chi connectivity index (χ4n) is 2.24. The summed E-state index contributed by atoms with van der Waals surface area (Å²) in [6, 6.07) is 0. The Morgan fingerprint density at radius 2 is 2.16 bits per heavy atom. The summed E-state index contributed by atoms with van der Waals surface area (Å²) in [4.78, 5) is 18.7. The highest BCUT2D eigenvalue weighted by molar-refractivity contribution is 5.74. The topological polar surface area (TPSA) is 73.3 Å². The summed E-state index contributed by atoms with van der Waals surface area (Å²) in [6.45, 7) is 0.368. The average Bonchev–Trinajstić information content (AvgIpc) is 2.39. The van der Waals surface area contributed by atoms with Gasteiger partial charge in [0.15, 0.2) is 5.82 Å². The fourth-order valence-corrected chi connectivity index (χ4v) is 2.24. The van der Waals surface area contributed by atoms with E-state index in [4.69, 9.17) is 4.74 Å². The number of anilines is 1. The minimum absolute atomic E-state index is 0.0837. The van der Waals surface area contributed by atoms with E-state index >= 15 is 0 Å². The Hall–Kier alpha value is -1.76. The van der Waals surface area contributed by atoms with E-state index in [9.17, 15) is 9.18 Å². The summed E-state index contributed by atoms with van der Waals surface area (Å²) in [5, 5.41) is 2.86. The molecule has 104 valence electrons. The highest BCUT2D eigenvalue weighted by Gasteiger charge is 2.48. The van der Waals surface area contributed by atoms with Gasteiger partial charge in [-0.25, -0.2) is 9.97 Å². The molecule has 19 heavy (non-hydrogen) atoms. The van der Waals surface area contributed by atoms with Crippen LogP contribution in [0.2, 0.25) is 0 Å². The molecule has 0 atom stereocenters. The standard InChI is InChI=1S/C12H16FN3O3/c1-18-11(17)8-5-12(6-8,19-2)7-16-10-9(13)14-3-4-15-10/h3-4,8H,5-7H2,1-2H3,(H,15,16). The van der Waals surface area contributed by atoms with Gasteiger partial charge in [-0.2, -0.15) is 4.39 Å². The van der Waals surface area contributed by atoms with Crippen LogP contribution < -0.4 is 5.32 Å². The fraction of sp³-hybridized carbons (Fsp3) is 0.583. The molecule has 7 heteroatoms. The van der Waals surface area contributed by atoms with Crippen LogP contribution in [0.1, 0.15) is 12.8 Å². The number of esters is 1. The Kier molecular flexibility index (Phi) is 3.94. The van der Waals surface area contributed by atoms with Gasteiger partial charge in [-0.1, -0.05) is 0 Å². The number of methoxy groups -OCH3 is 2. The molecule has 1 N–H and O–H groups in total. The lowest BCUT2D eigenvalue weighted by molar-refractivity contribution is -0.163. The second kappa shape index (κ2) is 5.48. The van der Waals surface area contributed by atoms with E-state index in [1.165, 1.54) is 19.5 Å². The van der Waals surface area contributed by atoms with Gasteiger partial charge in [-0.05, 0) is 12.8 Å². The molecule has 1 fully saturated rings.